The van der Waals surface area contributed by atoms with E-state index in [1.807, 2.05) is 0 Å². The Morgan fingerprint density at radius 2 is 1.32 bits per heavy atom. The molecular weight excluding hydrogens is 402 g/mol. The third-order valence-electron chi connectivity index (χ3n) is 4.92. The Balaban J connectivity index is 1.66. The summed E-state index contributed by atoms with van der Waals surface area (Å²) in [6.45, 7) is 1.22. The van der Waals surface area contributed by atoms with Crippen LogP contribution in [0.15, 0.2) is 36.4 Å². The summed E-state index contributed by atoms with van der Waals surface area (Å²) in [7, 11) is 4.43. The summed E-state index contributed by atoms with van der Waals surface area (Å²) in [6.07, 6.45) is 1.83. The van der Waals surface area contributed by atoms with E-state index < -0.39 is 11.8 Å². The first kappa shape index (κ1) is 21.9. The summed E-state index contributed by atoms with van der Waals surface area (Å²) in [6, 6.07) is 9.59. The lowest BCUT2D eigenvalue weighted by Crippen LogP contribution is -2.37. The number of hydrogen-bond acceptors (Lipinski definition) is 6. The number of nitrogens with zero attached hydrogens (tertiary/aromatic N) is 1. The van der Waals surface area contributed by atoms with E-state index in [0.29, 0.717) is 47.3 Å². The van der Waals surface area contributed by atoms with Gasteiger partial charge in [-0.1, -0.05) is 0 Å². The number of rotatable bonds is 6. The standard InChI is InChI=1S/C22H25N3O6/c1-29-17-12-14(13-18(30-2)19(17)31-3)20(26)23-15-6-8-16(9-7-15)24-21(27)22(28)25-10-4-5-11-25/h6-9,12-13H,4-5,10-11H2,1-3H3,(H,23,26)(H,24,27). The van der Waals surface area contributed by atoms with Gasteiger partial charge in [-0.2, -0.15) is 0 Å². The van der Waals surface area contributed by atoms with E-state index in [1.165, 1.54) is 21.3 Å². The third-order valence-corrected chi connectivity index (χ3v) is 4.92. The number of benzene rings is 2. The second-order valence-electron chi connectivity index (χ2n) is 6.90. The second kappa shape index (κ2) is 9.84. The van der Waals surface area contributed by atoms with E-state index in [2.05, 4.69) is 10.6 Å². The van der Waals surface area contributed by atoms with Crippen molar-refractivity contribution in [2.75, 3.05) is 45.1 Å². The number of likely N-dealkylation sites (tertiary alicyclic amines) is 1. The molecule has 1 heterocycles. The predicted molar refractivity (Wildman–Crippen MR) is 115 cm³/mol. The Hall–Kier alpha value is -3.75. The molecule has 0 unspecified atom stereocenters. The van der Waals surface area contributed by atoms with Crippen LogP contribution in [0.2, 0.25) is 0 Å². The number of carbonyl (C=O) groups excluding carboxylic acids is 3. The van der Waals surface area contributed by atoms with E-state index >= 15 is 0 Å². The van der Waals surface area contributed by atoms with Gasteiger partial charge in [-0.3, -0.25) is 14.4 Å². The highest BCUT2D eigenvalue weighted by Crippen LogP contribution is 2.38. The van der Waals surface area contributed by atoms with Crippen LogP contribution in [0.3, 0.4) is 0 Å². The van der Waals surface area contributed by atoms with Gasteiger partial charge in [-0.05, 0) is 49.2 Å². The average Bonchev–Trinajstić information content (AvgIpc) is 3.33. The molecule has 2 N–H and O–H groups in total. The molecule has 9 nitrogen and oxygen atoms in total. The number of ether oxygens (including phenoxy) is 3. The fraction of sp³-hybridized carbons (Fsp3) is 0.318. The van der Waals surface area contributed by atoms with Gasteiger partial charge >= 0.3 is 11.8 Å². The van der Waals surface area contributed by atoms with Crippen molar-refractivity contribution in [3.05, 3.63) is 42.0 Å². The van der Waals surface area contributed by atoms with Crippen LogP contribution in [-0.4, -0.2) is 57.0 Å². The number of carbonyl (C=O) groups is 3. The lowest BCUT2D eigenvalue weighted by atomic mass is 10.1. The van der Waals surface area contributed by atoms with Crippen LogP contribution in [0, 0.1) is 0 Å². The van der Waals surface area contributed by atoms with Crippen LogP contribution in [-0.2, 0) is 9.59 Å². The van der Waals surface area contributed by atoms with Crippen molar-refractivity contribution in [2.45, 2.75) is 12.8 Å². The van der Waals surface area contributed by atoms with Gasteiger partial charge < -0.3 is 29.7 Å². The van der Waals surface area contributed by atoms with Crippen LogP contribution in [0.1, 0.15) is 23.2 Å². The maximum absolute atomic E-state index is 12.7. The first-order valence-corrected chi connectivity index (χ1v) is 9.78. The topological polar surface area (TPSA) is 106 Å². The fourth-order valence-electron chi connectivity index (χ4n) is 3.30. The minimum absolute atomic E-state index is 0.322. The maximum atomic E-state index is 12.7. The molecule has 9 heteroatoms. The van der Waals surface area contributed by atoms with Crippen molar-refractivity contribution in [3.63, 3.8) is 0 Å². The highest BCUT2D eigenvalue weighted by Gasteiger charge is 2.24. The Bertz CT molecular complexity index is 943. The van der Waals surface area contributed by atoms with E-state index in [0.717, 1.165) is 12.8 Å². The Morgan fingerprint density at radius 3 is 1.81 bits per heavy atom. The molecule has 3 amide bonds. The SMILES string of the molecule is COc1cc(C(=O)Nc2ccc(NC(=O)C(=O)N3CCCC3)cc2)cc(OC)c1OC. The molecule has 1 fully saturated rings. The first-order valence-electron chi connectivity index (χ1n) is 9.78. The highest BCUT2D eigenvalue weighted by atomic mass is 16.5. The summed E-state index contributed by atoms with van der Waals surface area (Å²) < 4.78 is 15.8. The lowest BCUT2D eigenvalue weighted by Gasteiger charge is -2.15. The molecule has 0 saturated carbocycles. The molecule has 2 aromatic carbocycles. The van der Waals surface area contributed by atoms with Gasteiger partial charge in [-0.25, -0.2) is 0 Å². The molecule has 0 spiro atoms. The number of methoxy groups -OCH3 is 3. The van der Waals surface area contributed by atoms with Crippen molar-refractivity contribution < 1.29 is 28.6 Å². The lowest BCUT2D eigenvalue weighted by molar-refractivity contribution is -0.142. The molecular formula is C22H25N3O6. The molecule has 1 aliphatic rings. The molecule has 0 atom stereocenters. The van der Waals surface area contributed by atoms with Crippen LogP contribution < -0.4 is 24.8 Å². The Labute approximate surface area is 180 Å². The average molecular weight is 427 g/mol. The fourth-order valence-corrected chi connectivity index (χ4v) is 3.30. The largest absolute Gasteiger partial charge is 0.493 e. The number of hydrogen-bond donors (Lipinski definition) is 2. The highest BCUT2D eigenvalue weighted by molar-refractivity contribution is 6.39. The Kier molecular flexibility index (Phi) is 6.96. The molecule has 1 aliphatic heterocycles. The maximum Gasteiger partial charge on any atom is 0.313 e. The monoisotopic (exact) mass is 427 g/mol. The number of amides is 3. The summed E-state index contributed by atoms with van der Waals surface area (Å²) in [5.74, 6) is -0.445. The molecule has 1 saturated heterocycles. The minimum Gasteiger partial charge on any atom is -0.493 e. The molecule has 2 aromatic rings. The van der Waals surface area contributed by atoms with Crippen molar-refractivity contribution in [1.29, 1.82) is 0 Å². The molecule has 0 aliphatic carbocycles. The molecule has 164 valence electrons. The molecule has 0 aromatic heterocycles. The molecule has 0 radical (unpaired) electrons. The predicted octanol–water partition coefficient (Wildman–Crippen LogP) is 2.53. The van der Waals surface area contributed by atoms with Gasteiger partial charge in [0.15, 0.2) is 11.5 Å². The van der Waals surface area contributed by atoms with E-state index in [1.54, 1.807) is 41.3 Å². The summed E-state index contributed by atoms with van der Waals surface area (Å²) in [4.78, 5) is 38.4. The summed E-state index contributed by atoms with van der Waals surface area (Å²) in [5.41, 5.74) is 1.30. The van der Waals surface area contributed by atoms with Crippen molar-refractivity contribution in [3.8, 4) is 17.2 Å². The van der Waals surface area contributed by atoms with Crippen molar-refractivity contribution >= 4 is 29.1 Å². The summed E-state index contributed by atoms with van der Waals surface area (Å²) >= 11 is 0. The summed E-state index contributed by atoms with van der Waals surface area (Å²) in [5, 5.41) is 5.35. The van der Waals surface area contributed by atoms with E-state index in [4.69, 9.17) is 14.2 Å². The van der Waals surface area contributed by atoms with E-state index in [9.17, 15) is 14.4 Å². The molecule has 0 bridgehead atoms. The third kappa shape index (κ3) is 5.06. The van der Waals surface area contributed by atoms with E-state index in [-0.39, 0.29) is 5.91 Å². The zero-order valence-electron chi connectivity index (χ0n) is 17.7. The minimum atomic E-state index is -0.670. The number of nitrogens with one attached hydrogen (secondary N) is 2. The van der Waals surface area contributed by atoms with Gasteiger partial charge in [0.1, 0.15) is 0 Å². The quantitative estimate of drug-likeness (QED) is 0.687. The van der Waals surface area contributed by atoms with Crippen LogP contribution in [0.25, 0.3) is 0 Å². The van der Waals surface area contributed by atoms with Crippen molar-refractivity contribution in [1.82, 2.24) is 4.90 Å². The van der Waals surface area contributed by atoms with Gasteiger partial charge in [0.05, 0.1) is 21.3 Å². The van der Waals surface area contributed by atoms with Crippen LogP contribution in [0.4, 0.5) is 11.4 Å². The van der Waals surface area contributed by atoms with Crippen LogP contribution in [0.5, 0.6) is 17.2 Å². The van der Waals surface area contributed by atoms with Crippen molar-refractivity contribution in [2.24, 2.45) is 0 Å². The smallest absolute Gasteiger partial charge is 0.313 e. The first-order chi connectivity index (χ1) is 15.0. The zero-order chi connectivity index (χ0) is 22.4. The van der Waals surface area contributed by atoms with Gasteiger partial charge in [-0.15, -0.1) is 0 Å². The normalized spacial score (nSPS) is 12.8. The van der Waals surface area contributed by atoms with Gasteiger partial charge in [0.2, 0.25) is 5.75 Å². The molecule has 31 heavy (non-hydrogen) atoms. The zero-order valence-corrected chi connectivity index (χ0v) is 17.7. The van der Waals surface area contributed by atoms with Crippen LogP contribution >= 0.6 is 0 Å². The molecule has 3 rings (SSSR count). The van der Waals surface area contributed by atoms with Gasteiger partial charge in [0, 0.05) is 30.0 Å². The number of anilines is 2. The second-order valence-corrected chi connectivity index (χ2v) is 6.90. The van der Waals surface area contributed by atoms with Gasteiger partial charge in [0.25, 0.3) is 5.91 Å². The Morgan fingerprint density at radius 1 is 0.806 bits per heavy atom.